The molecule has 0 bridgehead atoms. The van der Waals surface area contributed by atoms with Crippen LogP contribution in [0.4, 0.5) is 9.39 Å². The van der Waals surface area contributed by atoms with E-state index < -0.39 is 17.7 Å². The van der Waals surface area contributed by atoms with Gasteiger partial charge in [-0.15, -0.1) is 11.3 Å². The predicted molar refractivity (Wildman–Crippen MR) is 106 cm³/mol. The summed E-state index contributed by atoms with van der Waals surface area (Å²) in [5.74, 6) is -1.80. The highest BCUT2D eigenvalue weighted by Crippen LogP contribution is 2.35. The van der Waals surface area contributed by atoms with E-state index in [1.165, 1.54) is 24.3 Å². The molecular formula is C20H21FN2O5S. The lowest BCUT2D eigenvalue weighted by Gasteiger charge is -2.26. The fourth-order valence-electron chi connectivity index (χ4n) is 2.94. The Bertz CT molecular complexity index is 920. The number of esters is 1. The van der Waals surface area contributed by atoms with Gasteiger partial charge in [0, 0.05) is 18.7 Å². The van der Waals surface area contributed by atoms with Crippen LogP contribution in [0.25, 0.3) is 0 Å². The van der Waals surface area contributed by atoms with Gasteiger partial charge in [0.2, 0.25) is 0 Å². The summed E-state index contributed by atoms with van der Waals surface area (Å²) in [5, 5.41) is 2.89. The number of nitrogens with one attached hydrogen (secondary N) is 1. The number of hydrogen-bond donors (Lipinski definition) is 1. The highest BCUT2D eigenvalue weighted by Gasteiger charge is 2.29. The van der Waals surface area contributed by atoms with Crippen molar-refractivity contribution in [2.75, 3.05) is 38.2 Å². The van der Waals surface area contributed by atoms with Crippen molar-refractivity contribution in [3.05, 3.63) is 51.7 Å². The molecule has 9 heteroatoms. The zero-order valence-electron chi connectivity index (χ0n) is 16.1. The molecule has 0 radical (unpaired) electrons. The molecule has 2 aromatic rings. The Labute approximate surface area is 171 Å². The second kappa shape index (κ2) is 9.15. The fraction of sp³-hybridized carbons (Fsp3) is 0.350. The van der Waals surface area contributed by atoms with E-state index in [1.54, 1.807) is 18.7 Å². The molecule has 1 aromatic heterocycles. The van der Waals surface area contributed by atoms with E-state index in [0.29, 0.717) is 36.7 Å². The fourth-order valence-corrected chi connectivity index (χ4v) is 4.10. The number of rotatable bonds is 5. The second-order valence-corrected chi connectivity index (χ2v) is 7.37. The van der Waals surface area contributed by atoms with E-state index in [9.17, 15) is 18.8 Å². The molecule has 1 saturated heterocycles. The zero-order chi connectivity index (χ0) is 21.0. The molecule has 154 valence electrons. The number of amides is 2. The number of hydrogen-bond acceptors (Lipinski definition) is 6. The Morgan fingerprint density at radius 3 is 2.48 bits per heavy atom. The predicted octanol–water partition coefficient (Wildman–Crippen LogP) is 3.10. The summed E-state index contributed by atoms with van der Waals surface area (Å²) in [7, 11) is 0. The quantitative estimate of drug-likeness (QED) is 0.752. The minimum atomic E-state index is -0.614. The second-order valence-electron chi connectivity index (χ2n) is 6.35. The maximum Gasteiger partial charge on any atom is 0.341 e. The molecule has 1 aliphatic rings. The van der Waals surface area contributed by atoms with Crippen LogP contribution in [0.2, 0.25) is 0 Å². The number of ether oxygens (including phenoxy) is 2. The topological polar surface area (TPSA) is 84.9 Å². The van der Waals surface area contributed by atoms with Gasteiger partial charge in [0.1, 0.15) is 10.8 Å². The first kappa shape index (κ1) is 20.9. The van der Waals surface area contributed by atoms with Crippen molar-refractivity contribution in [1.29, 1.82) is 0 Å². The van der Waals surface area contributed by atoms with Crippen molar-refractivity contribution in [3.8, 4) is 0 Å². The minimum absolute atomic E-state index is 0.156. The summed E-state index contributed by atoms with van der Waals surface area (Å²) in [5.41, 5.74) is 0.844. The number of carbonyl (C=O) groups excluding carboxylic acids is 3. The monoisotopic (exact) mass is 420 g/mol. The van der Waals surface area contributed by atoms with Gasteiger partial charge < -0.3 is 19.7 Å². The molecule has 0 saturated carbocycles. The van der Waals surface area contributed by atoms with Crippen LogP contribution in [-0.2, 0) is 9.47 Å². The van der Waals surface area contributed by atoms with Crippen molar-refractivity contribution in [3.63, 3.8) is 0 Å². The molecule has 1 N–H and O–H groups in total. The first-order chi connectivity index (χ1) is 13.9. The van der Waals surface area contributed by atoms with Gasteiger partial charge in [-0.3, -0.25) is 9.59 Å². The van der Waals surface area contributed by atoms with Crippen LogP contribution in [0.1, 0.15) is 42.9 Å². The summed E-state index contributed by atoms with van der Waals surface area (Å²) < 4.78 is 23.5. The van der Waals surface area contributed by atoms with Crippen LogP contribution in [0.3, 0.4) is 0 Å². The van der Waals surface area contributed by atoms with Gasteiger partial charge in [0.05, 0.1) is 30.3 Å². The summed E-state index contributed by atoms with van der Waals surface area (Å²) in [4.78, 5) is 40.0. The van der Waals surface area contributed by atoms with E-state index in [0.717, 1.165) is 11.3 Å². The normalized spacial score (nSPS) is 13.8. The number of morpholine rings is 1. The molecule has 0 atom stereocenters. The van der Waals surface area contributed by atoms with Crippen LogP contribution in [0.5, 0.6) is 0 Å². The van der Waals surface area contributed by atoms with Crippen LogP contribution in [0.15, 0.2) is 24.3 Å². The minimum Gasteiger partial charge on any atom is -0.462 e. The lowest BCUT2D eigenvalue weighted by atomic mass is 10.1. The molecule has 0 aliphatic carbocycles. The SMILES string of the molecule is CCOC(=O)c1c(NC(=O)c2ccc(F)cc2)sc(C(=O)N2CCOCC2)c1C. The molecule has 1 aromatic carbocycles. The molecule has 29 heavy (non-hydrogen) atoms. The maximum atomic E-state index is 13.1. The first-order valence-electron chi connectivity index (χ1n) is 9.16. The van der Waals surface area contributed by atoms with Crippen molar-refractivity contribution < 1.29 is 28.2 Å². The number of anilines is 1. The molecule has 2 amide bonds. The van der Waals surface area contributed by atoms with Crippen molar-refractivity contribution in [1.82, 2.24) is 4.90 Å². The highest BCUT2D eigenvalue weighted by molar-refractivity contribution is 7.18. The van der Waals surface area contributed by atoms with Crippen LogP contribution >= 0.6 is 11.3 Å². The zero-order valence-corrected chi connectivity index (χ0v) is 16.9. The summed E-state index contributed by atoms with van der Waals surface area (Å²) in [6.45, 7) is 5.32. The summed E-state index contributed by atoms with van der Waals surface area (Å²) in [6.07, 6.45) is 0. The molecule has 2 heterocycles. The summed E-state index contributed by atoms with van der Waals surface area (Å²) in [6, 6.07) is 5.03. The van der Waals surface area contributed by atoms with Crippen LogP contribution in [0, 0.1) is 12.7 Å². The highest BCUT2D eigenvalue weighted by atomic mass is 32.1. The molecule has 3 rings (SSSR count). The number of thiophene rings is 1. The van der Waals surface area contributed by atoms with Gasteiger partial charge >= 0.3 is 5.97 Å². The molecule has 1 fully saturated rings. The third-order valence-electron chi connectivity index (χ3n) is 4.45. The standard InChI is InChI=1S/C20H21FN2O5S/c1-3-28-20(26)15-12(2)16(19(25)23-8-10-27-11-9-23)29-18(15)22-17(24)13-4-6-14(21)7-5-13/h4-7H,3,8-11H2,1-2H3,(H,22,24). The van der Waals surface area contributed by atoms with E-state index in [1.807, 2.05) is 0 Å². The summed E-state index contributed by atoms with van der Waals surface area (Å²) >= 11 is 1.03. The Kier molecular flexibility index (Phi) is 6.60. The van der Waals surface area contributed by atoms with E-state index in [4.69, 9.17) is 9.47 Å². The van der Waals surface area contributed by atoms with Gasteiger partial charge in [-0.2, -0.15) is 0 Å². The average Bonchev–Trinajstić information content (AvgIpc) is 3.04. The van der Waals surface area contributed by atoms with Crippen LogP contribution < -0.4 is 5.32 Å². The number of nitrogens with zero attached hydrogens (tertiary/aromatic N) is 1. The molecular weight excluding hydrogens is 399 g/mol. The smallest absolute Gasteiger partial charge is 0.341 e. The van der Waals surface area contributed by atoms with Gasteiger partial charge in [0.25, 0.3) is 11.8 Å². The van der Waals surface area contributed by atoms with E-state index >= 15 is 0 Å². The van der Waals surface area contributed by atoms with E-state index in [-0.39, 0.29) is 28.6 Å². The number of halogens is 1. The molecule has 7 nitrogen and oxygen atoms in total. The van der Waals surface area contributed by atoms with Crippen molar-refractivity contribution >= 4 is 34.1 Å². The van der Waals surface area contributed by atoms with Crippen molar-refractivity contribution in [2.24, 2.45) is 0 Å². The van der Waals surface area contributed by atoms with Gasteiger partial charge in [0.15, 0.2) is 0 Å². The van der Waals surface area contributed by atoms with Gasteiger partial charge in [-0.25, -0.2) is 9.18 Å². The van der Waals surface area contributed by atoms with Gasteiger partial charge in [-0.1, -0.05) is 0 Å². The van der Waals surface area contributed by atoms with E-state index in [2.05, 4.69) is 5.32 Å². The lowest BCUT2D eigenvalue weighted by molar-refractivity contribution is 0.0305. The van der Waals surface area contributed by atoms with Crippen LogP contribution in [-0.4, -0.2) is 55.6 Å². The molecule has 0 spiro atoms. The average molecular weight is 420 g/mol. The van der Waals surface area contributed by atoms with Crippen molar-refractivity contribution in [2.45, 2.75) is 13.8 Å². The number of carbonyl (C=O) groups is 3. The third-order valence-corrected chi connectivity index (χ3v) is 5.65. The first-order valence-corrected chi connectivity index (χ1v) is 9.98. The number of benzene rings is 1. The molecule has 0 unspecified atom stereocenters. The maximum absolute atomic E-state index is 13.1. The third kappa shape index (κ3) is 4.63. The molecule has 1 aliphatic heterocycles. The lowest BCUT2D eigenvalue weighted by Crippen LogP contribution is -2.40. The Balaban J connectivity index is 1.93. The Morgan fingerprint density at radius 1 is 1.21 bits per heavy atom. The largest absolute Gasteiger partial charge is 0.462 e. The Hall–Kier alpha value is -2.78. The van der Waals surface area contributed by atoms with Gasteiger partial charge in [-0.05, 0) is 43.7 Å². The Morgan fingerprint density at radius 2 is 1.86 bits per heavy atom.